The van der Waals surface area contributed by atoms with Crippen molar-refractivity contribution < 1.29 is 14.2 Å². The third kappa shape index (κ3) is 6.92. The Morgan fingerprint density at radius 2 is 1.46 bits per heavy atom. The number of unbranched alkanes of at least 4 members (excludes halogenated alkanes) is 2. The molecule has 0 aromatic heterocycles. The van der Waals surface area contributed by atoms with Gasteiger partial charge in [0, 0.05) is 5.56 Å². The van der Waals surface area contributed by atoms with E-state index in [1.165, 1.54) is 0 Å². The number of hydrogen-bond donors (Lipinski definition) is 1. The molecule has 2 rings (SSSR count). The maximum Gasteiger partial charge on any atom is 0.239 e. The lowest BCUT2D eigenvalue weighted by atomic mass is 10.0. The van der Waals surface area contributed by atoms with Crippen LogP contribution < -0.4 is 0 Å². The molecule has 0 fully saturated rings. The van der Waals surface area contributed by atoms with Gasteiger partial charge in [0.25, 0.3) is 0 Å². The van der Waals surface area contributed by atoms with Gasteiger partial charge in [-0.05, 0) is 24.5 Å². The molecule has 1 unspecified atom stereocenters. The van der Waals surface area contributed by atoms with E-state index < -0.39 is 7.58 Å². The van der Waals surface area contributed by atoms with Crippen LogP contribution in [0.4, 0.5) is 0 Å². The Kier molecular flexibility index (Phi) is 10.1. The molecule has 0 aliphatic rings. The molecule has 2 aromatic rings. The van der Waals surface area contributed by atoms with E-state index in [0.29, 0.717) is 19.0 Å². The maximum atomic E-state index is 10.4. The highest BCUT2D eigenvalue weighted by atomic mass is 32.7. The summed E-state index contributed by atoms with van der Waals surface area (Å²) in [5.74, 6) is 0.311. The molecule has 0 saturated carbocycles. The van der Waals surface area contributed by atoms with Crippen LogP contribution in [0, 0.1) is 0 Å². The number of rotatable bonds is 12. The van der Waals surface area contributed by atoms with Crippen molar-refractivity contribution in [2.24, 2.45) is 0 Å². The largest absolute Gasteiger partial charge is 0.508 e. The van der Waals surface area contributed by atoms with Crippen LogP contribution in [0.1, 0.15) is 55.9 Å². The maximum absolute atomic E-state index is 10.4. The Hall–Kier alpha value is -1.06. The van der Waals surface area contributed by atoms with Gasteiger partial charge in [-0.2, -0.15) is 0 Å². The molecule has 2 aromatic carbocycles. The predicted octanol–water partition coefficient (Wildman–Crippen LogP) is 7.08. The molecular weight excluding hydrogens is 363 g/mol. The van der Waals surface area contributed by atoms with Crippen molar-refractivity contribution in [3.05, 3.63) is 65.7 Å². The zero-order chi connectivity index (χ0) is 18.6. The van der Waals surface area contributed by atoms with Gasteiger partial charge in [0.2, 0.25) is 7.58 Å². The highest BCUT2D eigenvalue weighted by Crippen LogP contribution is 2.61. The molecule has 3 nitrogen and oxygen atoms in total. The second kappa shape index (κ2) is 12.3. The number of phenols is 1. The van der Waals surface area contributed by atoms with Crippen molar-refractivity contribution >= 4 is 19.0 Å². The first-order chi connectivity index (χ1) is 12.8. The number of para-hydroxylation sites is 1. The van der Waals surface area contributed by atoms with E-state index in [0.717, 1.165) is 36.8 Å². The summed E-state index contributed by atoms with van der Waals surface area (Å²) in [4.78, 5) is 0. The van der Waals surface area contributed by atoms with Crippen LogP contribution in [0.2, 0.25) is 0 Å². The van der Waals surface area contributed by atoms with Crippen LogP contribution in [0.3, 0.4) is 0 Å². The second-order valence-corrected chi connectivity index (χ2v) is 9.22. The van der Waals surface area contributed by atoms with Gasteiger partial charge in [0.15, 0.2) is 0 Å². The third-order valence-electron chi connectivity index (χ3n) is 3.90. The molecule has 1 N–H and O–H groups in total. The fraction of sp³-hybridized carbons (Fsp3) is 0.429. The summed E-state index contributed by atoms with van der Waals surface area (Å²) >= 11 is 1.67. The van der Waals surface area contributed by atoms with Crippen molar-refractivity contribution in [2.45, 2.75) is 44.8 Å². The van der Waals surface area contributed by atoms with E-state index in [-0.39, 0.29) is 5.25 Å². The normalized spacial score (nSPS) is 12.4. The minimum Gasteiger partial charge on any atom is -0.508 e. The summed E-state index contributed by atoms with van der Waals surface area (Å²) in [5.41, 5.74) is 2.04. The first-order valence-electron chi connectivity index (χ1n) is 9.31. The molecule has 0 aliphatic carbocycles. The van der Waals surface area contributed by atoms with Crippen molar-refractivity contribution in [3.8, 4) is 5.75 Å². The molecule has 5 heteroatoms. The summed E-state index contributed by atoms with van der Waals surface area (Å²) in [6.07, 6.45) is 4.26. The molecule has 0 radical (unpaired) electrons. The highest BCUT2D eigenvalue weighted by Gasteiger charge is 2.24. The van der Waals surface area contributed by atoms with Crippen LogP contribution in [0.5, 0.6) is 5.75 Å². The molecule has 0 aliphatic heterocycles. The second-order valence-electron chi connectivity index (χ2n) is 6.05. The predicted molar refractivity (Wildman–Crippen MR) is 113 cm³/mol. The number of aromatic hydroxyl groups is 1. The molecule has 0 bridgehead atoms. The van der Waals surface area contributed by atoms with E-state index in [1.807, 2.05) is 36.4 Å². The molecule has 142 valence electrons. The first kappa shape index (κ1) is 21.2. The SMILES string of the molecule is CCCCOP(OCCCC)SC(c1ccccc1)c1ccccc1O. The van der Waals surface area contributed by atoms with E-state index in [1.54, 1.807) is 17.4 Å². The minimum absolute atomic E-state index is 0.0215. The van der Waals surface area contributed by atoms with Crippen molar-refractivity contribution in [3.63, 3.8) is 0 Å². The first-order valence-corrected chi connectivity index (χ1v) is 12.0. The Balaban J connectivity index is 2.20. The molecule has 0 saturated heterocycles. The van der Waals surface area contributed by atoms with E-state index >= 15 is 0 Å². The topological polar surface area (TPSA) is 38.7 Å². The van der Waals surface area contributed by atoms with E-state index in [2.05, 4.69) is 26.0 Å². The van der Waals surface area contributed by atoms with Crippen molar-refractivity contribution in [2.75, 3.05) is 13.2 Å². The van der Waals surface area contributed by atoms with Gasteiger partial charge in [-0.15, -0.1) is 0 Å². The molecule has 0 spiro atoms. The van der Waals surface area contributed by atoms with Crippen LogP contribution in [0.15, 0.2) is 54.6 Å². The zero-order valence-corrected chi connectivity index (χ0v) is 17.3. The standard InChI is InChI=1S/C21H29O3PS/c1-3-5-16-23-25(24-17-6-4-2)26-21(18-12-8-7-9-13-18)19-14-10-11-15-20(19)22/h7-15,21-22H,3-6,16-17H2,1-2H3. The van der Waals surface area contributed by atoms with Gasteiger partial charge in [-0.3, -0.25) is 0 Å². The molecule has 0 amide bonds. The summed E-state index contributed by atoms with van der Waals surface area (Å²) in [7, 11) is -1.08. The lowest BCUT2D eigenvalue weighted by Crippen LogP contribution is -2.00. The van der Waals surface area contributed by atoms with Crippen molar-refractivity contribution in [1.29, 1.82) is 0 Å². The summed E-state index contributed by atoms with van der Waals surface area (Å²) in [5, 5.41) is 10.4. The highest BCUT2D eigenvalue weighted by molar-refractivity contribution is 8.53. The van der Waals surface area contributed by atoms with Crippen LogP contribution >= 0.6 is 19.0 Å². The molecular formula is C21H29O3PS. The van der Waals surface area contributed by atoms with Gasteiger partial charge in [-0.25, -0.2) is 0 Å². The quantitative estimate of drug-likeness (QED) is 0.309. The number of benzene rings is 2. The van der Waals surface area contributed by atoms with Crippen LogP contribution in [0.25, 0.3) is 0 Å². The van der Waals surface area contributed by atoms with Crippen molar-refractivity contribution in [1.82, 2.24) is 0 Å². The third-order valence-corrected chi connectivity index (χ3v) is 7.38. The Morgan fingerprint density at radius 1 is 0.885 bits per heavy atom. The van der Waals surface area contributed by atoms with Gasteiger partial charge in [0.1, 0.15) is 5.75 Å². The fourth-order valence-corrected chi connectivity index (χ4v) is 5.94. The van der Waals surface area contributed by atoms with Gasteiger partial charge < -0.3 is 14.2 Å². The van der Waals surface area contributed by atoms with Crippen LogP contribution in [-0.4, -0.2) is 18.3 Å². The zero-order valence-electron chi connectivity index (χ0n) is 15.6. The van der Waals surface area contributed by atoms with Gasteiger partial charge in [0.05, 0.1) is 18.5 Å². The molecule has 1 atom stereocenters. The van der Waals surface area contributed by atoms with E-state index in [9.17, 15) is 5.11 Å². The lowest BCUT2D eigenvalue weighted by Gasteiger charge is -2.24. The average molecular weight is 393 g/mol. The summed E-state index contributed by atoms with van der Waals surface area (Å²) in [6, 6.07) is 17.8. The number of hydrogen-bond acceptors (Lipinski definition) is 4. The number of phenolic OH excluding ortho intramolecular Hbond substituents is 1. The Bertz CT molecular complexity index is 614. The fourth-order valence-electron chi connectivity index (χ4n) is 2.39. The Morgan fingerprint density at radius 3 is 2.04 bits per heavy atom. The average Bonchev–Trinajstić information content (AvgIpc) is 2.67. The molecule has 26 heavy (non-hydrogen) atoms. The van der Waals surface area contributed by atoms with E-state index in [4.69, 9.17) is 9.05 Å². The van der Waals surface area contributed by atoms with Gasteiger partial charge in [-0.1, -0.05) is 86.6 Å². The summed E-state index contributed by atoms with van der Waals surface area (Å²) in [6.45, 7) is 5.74. The van der Waals surface area contributed by atoms with Crippen LogP contribution in [-0.2, 0) is 9.05 Å². The monoisotopic (exact) mass is 392 g/mol. The summed E-state index contributed by atoms with van der Waals surface area (Å²) < 4.78 is 12.1. The minimum atomic E-state index is -1.08. The smallest absolute Gasteiger partial charge is 0.239 e. The van der Waals surface area contributed by atoms with Gasteiger partial charge >= 0.3 is 0 Å². The molecule has 0 heterocycles. The Labute approximate surface area is 162 Å². The lowest BCUT2D eigenvalue weighted by molar-refractivity contribution is 0.255.